The highest BCUT2D eigenvalue weighted by Crippen LogP contribution is 1.90. The fourth-order valence-electron chi connectivity index (χ4n) is 0.476. The molecule has 0 radical (unpaired) electrons. The maximum atomic E-state index is 10.8. The van der Waals surface area contributed by atoms with Gasteiger partial charge in [0.2, 0.25) is 0 Å². The molecule has 15 heavy (non-hydrogen) atoms. The van der Waals surface area contributed by atoms with Crippen molar-refractivity contribution in [1.29, 1.82) is 0 Å². The molecule has 0 unspecified atom stereocenters. The number of carbonyl (C=O) groups is 2. The molecule has 0 bridgehead atoms. The first-order chi connectivity index (χ1) is 7.07. The highest BCUT2D eigenvalue weighted by Gasteiger charge is 2.04. The number of amides is 1. The molecule has 0 rings (SSSR count). The maximum Gasteiger partial charge on any atom is 0.435 e. The van der Waals surface area contributed by atoms with E-state index in [0.29, 0.717) is 6.42 Å². The van der Waals surface area contributed by atoms with Crippen LogP contribution in [0.1, 0.15) is 20.3 Å². The van der Waals surface area contributed by atoms with E-state index >= 15 is 0 Å². The van der Waals surface area contributed by atoms with Crippen LogP contribution in [0.4, 0.5) is 4.79 Å². The number of rotatable bonds is 5. The van der Waals surface area contributed by atoms with Crippen LogP contribution in [0.5, 0.6) is 0 Å². The summed E-state index contributed by atoms with van der Waals surface area (Å²) in [5.74, 6) is -0.577. The topological polar surface area (TPSA) is 77.0 Å². The summed E-state index contributed by atoms with van der Waals surface area (Å²) in [5, 5.41) is 5.50. The second-order valence-electron chi connectivity index (χ2n) is 2.61. The van der Waals surface area contributed by atoms with E-state index in [0.717, 1.165) is 0 Å². The Hall–Kier alpha value is -1.85. The molecule has 0 fully saturated rings. The van der Waals surface area contributed by atoms with Crippen molar-refractivity contribution in [1.82, 2.24) is 5.32 Å². The first-order valence-electron chi connectivity index (χ1n) is 4.37. The fourth-order valence-corrected chi connectivity index (χ4v) is 0.476. The van der Waals surface area contributed by atoms with Gasteiger partial charge in [-0.1, -0.05) is 18.7 Å². The van der Waals surface area contributed by atoms with Crippen LogP contribution in [0, 0.1) is 0 Å². The summed E-state index contributed by atoms with van der Waals surface area (Å²) < 4.78 is 4.58. The summed E-state index contributed by atoms with van der Waals surface area (Å²) in [6.07, 6.45) is 1.31. The zero-order chi connectivity index (χ0) is 11.7. The largest absolute Gasteiger partial charge is 0.441 e. The molecule has 6 heteroatoms. The van der Waals surface area contributed by atoms with Crippen LogP contribution >= 0.6 is 0 Å². The molecule has 0 aliphatic heterocycles. The van der Waals surface area contributed by atoms with Gasteiger partial charge in [0.05, 0.1) is 0 Å². The van der Waals surface area contributed by atoms with Crippen LogP contribution in [0.2, 0.25) is 0 Å². The van der Waals surface area contributed by atoms with Crippen LogP contribution in [-0.4, -0.2) is 25.0 Å². The SMILES string of the molecule is C=C(C)C(=O)OCNC(=O)O/N=C/CC. The van der Waals surface area contributed by atoms with E-state index in [4.69, 9.17) is 0 Å². The molecule has 0 heterocycles. The zero-order valence-corrected chi connectivity index (χ0v) is 8.78. The molecular weight excluding hydrogens is 200 g/mol. The first-order valence-corrected chi connectivity index (χ1v) is 4.37. The molecule has 0 saturated heterocycles. The van der Waals surface area contributed by atoms with E-state index in [1.165, 1.54) is 13.1 Å². The van der Waals surface area contributed by atoms with Crippen molar-refractivity contribution in [2.45, 2.75) is 20.3 Å². The maximum absolute atomic E-state index is 10.8. The molecule has 0 aromatic rings. The summed E-state index contributed by atoms with van der Waals surface area (Å²) in [6, 6.07) is 0. The smallest absolute Gasteiger partial charge is 0.435 e. The third kappa shape index (κ3) is 7.24. The lowest BCUT2D eigenvalue weighted by molar-refractivity contribution is -0.139. The van der Waals surface area contributed by atoms with E-state index in [9.17, 15) is 9.59 Å². The average molecular weight is 214 g/mol. The van der Waals surface area contributed by atoms with E-state index in [2.05, 4.69) is 26.6 Å². The molecule has 84 valence electrons. The summed E-state index contributed by atoms with van der Waals surface area (Å²) in [5.41, 5.74) is 0.258. The van der Waals surface area contributed by atoms with Gasteiger partial charge in [0, 0.05) is 11.8 Å². The number of hydrogen-bond acceptors (Lipinski definition) is 5. The lowest BCUT2D eigenvalue weighted by Gasteiger charge is -2.04. The monoisotopic (exact) mass is 214 g/mol. The summed E-state index contributed by atoms with van der Waals surface area (Å²) in [6.45, 7) is 6.45. The molecule has 0 saturated carbocycles. The Balaban J connectivity index is 3.59. The Morgan fingerprint density at radius 1 is 1.53 bits per heavy atom. The number of nitrogens with one attached hydrogen (secondary N) is 1. The second kappa shape index (κ2) is 7.54. The van der Waals surface area contributed by atoms with Gasteiger partial charge < -0.3 is 4.74 Å². The Labute approximate surface area is 87.9 Å². The Bertz CT molecular complexity index is 273. The minimum Gasteiger partial charge on any atom is -0.441 e. The van der Waals surface area contributed by atoms with Crippen LogP contribution in [-0.2, 0) is 14.4 Å². The predicted molar refractivity (Wildman–Crippen MR) is 54.2 cm³/mol. The lowest BCUT2D eigenvalue weighted by atomic mass is 10.4. The molecule has 0 spiro atoms. The zero-order valence-electron chi connectivity index (χ0n) is 8.78. The highest BCUT2D eigenvalue weighted by molar-refractivity contribution is 5.87. The van der Waals surface area contributed by atoms with Crippen LogP contribution in [0.25, 0.3) is 0 Å². The van der Waals surface area contributed by atoms with Gasteiger partial charge >= 0.3 is 12.1 Å². The number of hydrogen-bond donors (Lipinski definition) is 1. The third-order valence-corrected chi connectivity index (χ3v) is 1.16. The molecule has 1 N–H and O–H groups in total. The standard InChI is InChI=1S/C9H14N2O4/c1-4-5-11-15-9(13)10-6-14-8(12)7(2)3/h5H,2,4,6H2,1,3H3,(H,10,13)/b11-5+. The normalized spacial score (nSPS) is 9.73. The second-order valence-corrected chi connectivity index (χ2v) is 2.61. The van der Waals surface area contributed by atoms with Crippen LogP contribution in [0.3, 0.4) is 0 Å². The van der Waals surface area contributed by atoms with Gasteiger partial charge in [0.15, 0.2) is 6.73 Å². The fraction of sp³-hybridized carbons (Fsp3) is 0.444. The molecule has 1 amide bonds. The summed E-state index contributed by atoms with van der Waals surface area (Å²) >= 11 is 0. The molecule has 0 aromatic carbocycles. The average Bonchev–Trinajstić information content (AvgIpc) is 2.18. The van der Waals surface area contributed by atoms with Crippen molar-refractivity contribution in [2.24, 2.45) is 5.16 Å². The van der Waals surface area contributed by atoms with Crippen molar-refractivity contribution in [3.63, 3.8) is 0 Å². The van der Waals surface area contributed by atoms with Gasteiger partial charge in [-0.05, 0) is 13.3 Å². The quantitative estimate of drug-likeness (QED) is 0.186. The van der Waals surface area contributed by atoms with Crippen molar-refractivity contribution in [3.05, 3.63) is 12.2 Å². The number of nitrogens with zero attached hydrogens (tertiary/aromatic N) is 1. The van der Waals surface area contributed by atoms with Gasteiger partial charge in [0.1, 0.15) is 0 Å². The summed E-state index contributed by atoms with van der Waals surface area (Å²) in [7, 11) is 0. The molecule has 0 aliphatic carbocycles. The molecule has 0 aliphatic rings. The molecule has 0 atom stereocenters. The van der Waals surface area contributed by atoms with Gasteiger partial charge in [-0.2, -0.15) is 0 Å². The Kier molecular flexibility index (Phi) is 6.61. The number of ether oxygens (including phenoxy) is 1. The third-order valence-electron chi connectivity index (χ3n) is 1.16. The molecule has 6 nitrogen and oxygen atoms in total. The van der Waals surface area contributed by atoms with E-state index in [1.807, 2.05) is 6.92 Å². The number of carbonyl (C=O) groups excluding carboxylic acids is 2. The van der Waals surface area contributed by atoms with Gasteiger partial charge in [-0.3, -0.25) is 10.2 Å². The summed E-state index contributed by atoms with van der Waals surface area (Å²) in [4.78, 5) is 26.0. The molecular formula is C9H14N2O4. The van der Waals surface area contributed by atoms with Gasteiger partial charge in [-0.25, -0.2) is 9.59 Å². The van der Waals surface area contributed by atoms with Crippen LogP contribution < -0.4 is 5.32 Å². The van der Waals surface area contributed by atoms with Crippen molar-refractivity contribution >= 4 is 18.3 Å². The Morgan fingerprint density at radius 3 is 2.73 bits per heavy atom. The van der Waals surface area contributed by atoms with Gasteiger partial charge in [0.25, 0.3) is 0 Å². The number of oxime groups is 1. The minimum atomic E-state index is -0.783. The lowest BCUT2D eigenvalue weighted by Crippen LogP contribution is -2.27. The van der Waals surface area contributed by atoms with E-state index in [1.54, 1.807) is 0 Å². The minimum absolute atomic E-state index is 0.258. The molecule has 0 aromatic heterocycles. The van der Waals surface area contributed by atoms with Crippen molar-refractivity contribution in [3.8, 4) is 0 Å². The van der Waals surface area contributed by atoms with Crippen molar-refractivity contribution in [2.75, 3.05) is 6.73 Å². The Morgan fingerprint density at radius 2 is 2.20 bits per heavy atom. The van der Waals surface area contributed by atoms with E-state index < -0.39 is 12.1 Å². The van der Waals surface area contributed by atoms with Gasteiger partial charge in [-0.15, -0.1) is 0 Å². The first kappa shape index (κ1) is 13.2. The predicted octanol–water partition coefficient (Wildman–Crippen LogP) is 1.19. The van der Waals surface area contributed by atoms with Crippen LogP contribution in [0.15, 0.2) is 17.3 Å². The van der Waals surface area contributed by atoms with Crippen molar-refractivity contribution < 1.29 is 19.2 Å². The number of esters is 1. The van der Waals surface area contributed by atoms with E-state index in [-0.39, 0.29) is 12.3 Å². The highest BCUT2D eigenvalue weighted by atomic mass is 16.7.